The minimum absolute atomic E-state index is 0.113. The highest BCUT2D eigenvalue weighted by Gasteiger charge is 2.43. The third-order valence-corrected chi connectivity index (χ3v) is 6.34. The van der Waals surface area contributed by atoms with E-state index in [0.29, 0.717) is 51.6 Å². The number of allylic oxidation sites excluding steroid dienone is 2. The lowest BCUT2D eigenvalue weighted by atomic mass is 9.79. The molecule has 0 amide bonds. The highest BCUT2D eigenvalue weighted by Crippen LogP contribution is 2.49. The quantitative estimate of drug-likeness (QED) is 0.361. The Labute approximate surface area is 207 Å². The van der Waals surface area contributed by atoms with Crippen molar-refractivity contribution in [1.82, 2.24) is 5.32 Å². The van der Waals surface area contributed by atoms with Crippen molar-refractivity contribution in [3.63, 3.8) is 0 Å². The van der Waals surface area contributed by atoms with E-state index in [1.165, 1.54) is 0 Å². The second kappa shape index (κ2) is 9.89. The average Bonchev–Trinajstić information content (AvgIpc) is 3.09. The van der Waals surface area contributed by atoms with Crippen LogP contribution in [0.4, 0.5) is 0 Å². The Hall–Kier alpha value is -3.32. The zero-order valence-electron chi connectivity index (χ0n) is 19.4. The van der Waals surface area contributed by atoms with Crippen molar-refractivity contribution in [3.05, 3.63) is 87.1 Å². The SMILES string of the molecule is C=CCOc1c(Br)cc([C@@H]2C(C(=O)OCC)=C(C)NC3=C2C(=O)c2ccccc23)cc1OCC. The molecule has 1 aliphatic carbocycles. The number of halogens is 1. The molecule has 0 spiro atoms. The molecule has 0 aromatic heterocycles. The number of hydrogen-bond donors (Lipinski definition) is 1. The number of hydrogen-bond acceptors (Lipinski definition) is 6. The van der Waals surface area contributed by atoms with E-state index in [9.17, 15) is 9.59 Å². The number of esters is 1. The fraction of sp³-hybridized carbons (Fsp3) is 0.259. The van der Waals surface area contributed by atoms with Gasteiger partial charge in [-0.2, -0.15) is 0 Å². The second-order valence-corrected chi connectivity index (χ2v) is 8.70. The van der Waals surface area contributed by atoms with Crippen LogP contribution in [-0.4, -0.2) is 31.6 Å². The third-order valence-electron chi connectivity index (χ3n) is 5.75. The number of fused-ring (bicyclic) bond motifs is 2. The lowest BCUT2D eigenvalue weighted by Crippen LogP contribution is -2.29. The van der Waals surface area contributed by atoms with Gasteiger partial charge in [0.05, 0.1) is 29.0 Å². The van der Waals surface area contributed by atoms with Gasteiger partial charge in [-0.15, -0.1) is 0 Å². The largest absolute Gasteiger partial charge is 0.490 e. The van der Waals surface area contributed by atoms with Gasteiger partial charge in [-0.25, -0.2) is 4.79 Å². The molecule has 1 atom stereocenters. The van der Waals surface area contributed by atoms with Gasteiger partial charge in [-0.1, -0.05) is 36.9 Å². The van der Waals surface area contributed by atoms with Crippen molar-refractivity contribution in [2.45, 2.75) is 26.7 Å². The Morgan fingerprint density at radius 2 is 1.88 bits per heavy atom. The summed E-state index contributed by atoms with van der Waals surface area (Å²) in [6, 6.07) is 11.2. The molecule has 1 heterocycles. The lowest BCUT2D eigenvalue weighted by Gasteiger charge is -2.30. The maximum absolute atomic E-state index is 13.6. The third kappa shape index (κ3) is 4.05. The van der Waals surface area contributed by atoms with Crippen molar-refractivity contribution < 1.29 is 23.8 Å². The molecule has 176 valence electrons. The van der Waals surface area contributed by atoms with Crippen LogP contribution in [0.3, 0.4) is 0 Å². The number of dihydropyridines is 1. The van der Waals surface area contributed by atoms with E-state index in [2.05, 4.69) is 27.8 Å². The summed E-state index contributed by atoms with van der Waals surface area (Å²) in [6.45, 7) is 10.1. The molecule has 2 aliphatic rings. The number of carbonyl (C=O) groups excluding carboxylic acids is 2. The topological polar surface area (TPSA) is 73.9 Å². The van der Waals surface area contributed by atoms with E-state index in [-0.39, 0.29) is 12.4 Å². The van der Waals surface area contributed by atoms with Crippen molar-refractivity contribution in [2.24, 2.45) is 0 Å². The number of rotatable bonds is 8. The van der Waals surface area contributed by atoms with Crippen LogP contribution < -0.4 is 14.8 Å². The highest BCUT2D eigenvalue weighted by atomic mass is 79.9. The zero-order chi connectivity index (χ0) is 24.4. The van der Waals surface area contributed by atoms with Gasteiger partial charge in [0.15, 0.2) is 17.3 Å². The van der Waals surface area contributed by atoms with Gasteiger partial charge in [0.2, 0.25) is 0 Å². The summed E-state index contributed by atoms with van der Waals surface area (Å²) in [5.41, 5.74) is 4.44. The second-order valence-electron chi connectivity index (χ2n) is 7.84. The Balaban J connectivity index is 1.93. The van der Waals surface area contributed by atoms with Gasteiger partial charge < -0.3 is 19.5 Å². The molecule has 0 saturated heterocycles. The minimum Gasteiger partial charge on any atom is -0.490 e. The van der Waals surface area contributed by atoms with Gasteiger partial charge in [0, 0.05) is 28.3 Å². The van der Waals surface area contributed by atoms with Crippen LogP contribution in [0.1, 0.15) is 48.2 Å². The van der Waals surface area contributed by atoms with Crippen LogP contribution in [0.15, 0.2) is 70.4 Å². The first-order valence-electron chi connectivity index (χ1n) is 11.2. The van der Waals surface area contributed by atoms with E-state index in [1.807, 2.05) is 50.2 Å². The molecule has 1 N–H and O–H groups in total. The Bertz CT molecular complexity index is 1240. The Morgan fingerprint density at radius 1 is 1.15 bits per heavy atom. The first kappa shape index (κ1) is 23.8. The molecular formula is C27H26BrNO5. The van der Waals surface area contributed by atoms with Crippen molar-refractivity contribution in [3.8, 4) is 11.5 Å². The standard InChI is InChI=1S/C27H26BrNO5/c1-5-12-34-26-19(28)13-16(14-20(26)32-6-2)22-21(27(31)33-7-3)15(4)29-24-17-10-8-9-11-18(17)25(30)23(22)24/h5,8-11,13-14,22,29H,1,6-7,12H2,2-4H3/t22-/m1/s1. The number of ether oxygens (including phenoxy) is 3. The summed E-state index contributed by atoms with van der Waals surface area (Å²) in [6.07, 6.45) is 1.65. The predicted octanol–water partition coefficient (Wildman–Crippen LogP) is 5.54. The van der Waals surface area contributed by atoms with E-state index < -0.39 is 11.9 Å². The summed E-state index contributed by atoms with van der Waals surface area (Å²) in [5.74, 6) is -0.169. The number of benzene rings is 2. The molecule has 0 unspecified atom stereocenters. The maximum atomic E-state index is 13.6. The summed E-state index contributed by atoms with van der Waals surface area (Å²) >= 11 is 3.60. The van der Waals surface area contributed by atoms with Gasteiger partial charge >= 0.3 is 5.97 Å². The number of Topliss-reactive ketones (excluding diaryl/α,β-unsaturated/α-hetero) is 1. The van der Waals surface area contributed by atoms with E-state index >= 15 is 0 Å². The molecule has 0 saturated carbocycles. The smallest absolute Gasteiger partial charge is 0.336 e. The van der Waals surface area contributed by atoms with Crippen molar-refractivity contribution in [2.75, 3.05) is 19.8 Å². The van der Waals surface area contributed by atoms with E-state index in [1.54, 1.807) is 13.0 Å². The van der Waals surface area contributed by atoms with Crippen LogP contribution >= 0.6 is 15.9 Å². The fourth-order valence-electron chi connectivity index (χ4n) is 4.44. The Morgan fingerprint density at radius 3 is 2.56 bits per heavy atom. The summed E-state index contributed by atoms with van der Waals surface area (Å²) in [5, 5.41) is 3.31. The van der Waals surface area contributed by atoms with Crippen molar-refractivity contribution >= 4 is 33.4 Å². The predicted molar refractivity (Wildman–Crippen MR) is 134 cm³/mol. The average molecular weight is 524 g/mol. The number of ketones is 1. The molecule has 2 aromatic rings. The van der Waals surface area contributed by atoms with Crippen molar-refractivity contribution in [1.29, 1.82) is 0 Å². The molecular weight excluding hydrogens is 498 g/mol. The lowest BCUT2D eigenvalue weighted by molar-refractivity contribution is -0.138. The molecule has 34 heavy (non-hydrogen) atoms. The first-order chi connectivity index (χ1) is 16.4. The molecule has 0 radical (unpaired) electrons. The van der Waals surface area contributed by atoms with Gasteiger partial charge in [0.1, 0.15) is 6.61 Å². The van der Waals surface area contributed by atoms with Crippen LogP contribution in [0.2, 0.25) is 0 Å². The monoisotopic (exact) mass is 523 g/mol. The highest BCUT2D eigenvalue weighted by molar-refractivity contribution is 9.10. The van der Waals surface area contributed by atoms with Crippen LogP contribution in [0, 0.1) is 0 Å². The van der Waals surface area contributed by atoms with Gasteiger partial charge in [0.25, 0.3) is 0 Å². The molecule has 2 aromatic carbocycles. The van der Waals surface area contributed by atoms with Crippen LogP contribution in [0.25, 0.3) is 5.70 Å². The Kier molecular flexibility index (Phi) is 6.93. The summed E-state index contributed by atoms with van der Waals surface area (Å²) in [4.78, 5) is 26.7. The van der Waals surface area contributed by atoms with Gasteiger partial charge in [-0.3, -0.25) is 4.79 Å². The normalized spacial score (nSPS) is 16.6. The number of carbonyl (C=O) groups is 2. The van der Waals surface area contributed by atoms with Crippen LogP contribution in [-0.2, 0) is 9.53 Å². The number of nitrogens with one attached hydrogen (secondary N) is 1. The van der Waals surface area contributed by atoms with E-state index in [0.717, 1.165) is 16.8 Å². The fourth-order valence-corrected chi connectivity index (χ4v) is 5.02. The first-order valence-corrected chi connectivity index (χ1v) is 11.9. The zero-order valence-corrected chi connectivity index (χ0v) is 21.0. The molecule has 7 heteroatoms. The van der Waals surface area contributed by atoms with Gasteiger partial charge in [-0.05, 0) is 54.4 Å². The maximum Gasteiger partial charge on any atom is 0.336 e. The summed E-state index contributed by atoms with van der Waals surface area (Å²) in [7, 11) is 0. The summed E-state index contributed by atoms with van der Waals surface area (Å²) < 4.78 is 17.8. The molecule has 0 bridgehead atoms. The molecule has 1 aliphatic heterocycles. The molecule has 0 fully saturated rings. The van der Waals surface area contributed by atoms with Crippen LogP contribution in [0.5, 0.6) is 11.5 Å². The molecule has 6 nitrogen and oxygen atoms in total. The minimum atomic E-state index is -0.640. The van der Waals surface area contributed by atoms with E-state index in [4.69, 9.17) is 14.2 Å². The molecule has 4 rings (SSSR count).